The Bertz CT molecular complexity index is 781. The summed E-state index contributed by atoms with van der Waals surface area (Å²) in [7, 11) is 0. The second-order valence-electron chi connectivity index (χ2n) is 5.15. The molecule has 2 aromatic carbocycles. The molecule has 3 aromatic rings. The Morgan fingerprint density at radius 1 is 1.19 bits per heavy atom. The number of imidazole rings is 1. The number of hydrogen-bond acceptors (Lipinski definition) is 2. The van der Waals surface area contributed by atoms with Crippen molar-refractivity contribution in [1.82, 2.24) is 9.55 Å². The highest BCUT2D eigenvalue weighted by Crippen LogP contribution is 2.25. The summed E-state index contributed by atoms with van der Waals surface area (Å²) in [4.78, 5) is 4.00. The van der Waals surface area contributed by atoms with E-state index in [1.54, 1.807) is 4.57 Å². The molecule has 0 saturated heterocycles. The van der Waals surface area contributed by atoms with Crippen LogP contribution in [0, 0.1) is 11.6 Å². The van der Waals surface area contributed by atoms with Crippen molar-refractivity contribution in [3.63, 3.8) is 0 Å². The second kappa shape index (κ2) is 5.16. The van der Waals surface area contributed by atoms with Crippen LogP contribution < -0.4 is 5.73 Å². The summed E-state index contributed by atoms with van der Waals surface area (Å²) < 4.78 is 28.8. The number of anilines is 1. The molecule has 0 aliphatic carbocycles. The Morgan fingerprint density at radius 3 is 2.62 bits per heavy atom. The van der Waals surface area contributed by atoms with Gasteiger partial charge in [0, 0.05) is 18.7 Å². The highest BCUT2D eigenvalue weighted by Gasteiger charge is 2.16. The Balaban J connectivity index is 2.03. The Hall–Kier alpha value is -2.43. The zero-order valence-corrected chi connectivity index (χ0v) is 11.6. The first kappa shape index (κ1) is 13.5. The summed E-state index contributed by atoms with van der Waals surface area (Å²) in [6.45, 7) is 2.55. The van der Waals surface area contributed by atoms with Gasteiger partial charge in [-0.3, -0.25) is 0 Å². The Morgan fingerprint density at radius 2 is 1.90 bits per heavy atom. The standard InChI is InChI=1S/C16H15F2N3/c1-10(11-5-3-2-4-6-11)9-21-14-8-12(17)7-13(18)15(14)20-16(21)19/h2-8,10H,9H2,1H3,(H2,19,20). The Labute approximate surface area is 121 Å². The maximum atomic E-state index is 13.7. The molecule has 1 aromatic heterocycles. The quantitative estimate of drug-likeness (QED) is 0.798. The molecule has 108 valence electrons. The van der Waals surface area contributed by atoms with Crippen molar-refractivity contribution in [3.8, 4) is 0 Å². The zero-order valence-electron chi connectivity index (χ0n) is 11.6. The number of nitrogens with two attached hydrogens (primary N) is 1. The molecular weight excluding hydrogens is 272 g/mol. The molecule has 1 atom stereocenters. The third kappa shape index (κ3) is 2.46. The highest BCUT2D eigenvalue weighted by atomic mass is 19.1. The van der Waals surface area contributed by atoms with Crippen molar-refractivity contribution >= 4 is 17.0 Å². The van der Waals surface area contributed by atoms with Gasteiger partial charge in [0.15, 0.2) is 5.82 Å². The summed E-state index contributed by atoms with van der Waals surface area (Å²) in [6, 6.07) is 12.0. The number of nitrogen functional groups attached to an aromatic ring is 1. The van der Waals surface area contributed by atoms with Crippen LogP contribution in [0.5, 0.6) is 0 Å². The molecule has 0 aliphatic heterocycles. The fourth-order valence-electron chi connectivity index (χ4n) is 2.52. The number of hydrogen-bond donors (Lipinski definition) is 1. The lowest BCUT2D eigenvalue weighted by Gasteiger charge is -2.14. The molecule has 3 rings (SSSR count). The van der Waals surface area contributed by atoms with Crippen molar-refractivity contribution in [2.75, 3.05) is 5.73 Å². The number of halogens is 2. The summed E-state index contributed by atoms with van der Waals surface area (Å²) in [5.74, 6) is -0.981. The molecule has 21 heavy (non-hydrogen) atoms. The lowest BCUT2D eigenvalue weighted by atomic mass is 10.0. The lowest BCUT2D eigenvalue weighted by molar-refractivity contribution is 0.586. The molecule has 0 radical (unpaired) electrons. The number of nitrogens with zero attached hydrogens (tertiary/aromatic N) is 2. The molecular formula is C16H15F2N3. The van der Waals surface area contributed by atoms with E-state index in [0.717, 1.165) is 11.6 Å². The fourth-order valence-corrected chi connectivity index (χ4v) is 2.52. The van der Waals surface area contributed by atoms with Crippen LogP contribution in [0.2, 0.25) is 0 Å². The molecule has 1 heterocycles. The van der Waals surface area contributed by atoms with Gasteiger partial charge >= 0.3 is 0 Å². The first-order valence-electron chi connectivity index (χ1n) is 6.72. The fraction of sp³-hybridized carbons (Fsp3) is 0.188. The monoisotopic (exact) mass is 287 g/mol. The van der Waals surface area contributed by atoms with Gasteiger partial charge in [0.2, 0.25) is 5.95 Å². The van der Waals surface area contributed by atoms with Crippen molar-refractivity contribution in [2.45, 2.75) is 19.4 Å². The van der Waals surface area contributed by atoms with Gasteiger partial charge in [-0.25, -0.2) is 13.8 Å². The van der Waals surface area contributed by atoms with Crippen molar-refractivity contribution in [2.24, 2.45) is 0 Å². The molecule has 0 spiro atoms. The summed E-state index contributed by atoms with van der Waals surface area (Å²) in [5.41, 5.74) is 7.48. The molecule has 0 fully saturated rings. The van der Waals surface area contributed by atoms with Crippen molar-refractivity contribution in [1.29, 1.82) is 0 Å². The topological polar surface area (TPSA) is 43.8 Å². The number of rotatable bonds is 3. The van der Waals surface area contributed by atoms with Crippen LogP contribution in [0.4, 0.5) is 14.7 Å². The highest BCUT2D eigenvalue weighted by molar-refractivity contribution is 5.79. The first-order valence-corrected chi connectivity index (χ1v) is 6.72. The molecule has 1 unspecified atom stereocenters. The number of benzene rings is 2. The smallest absolute Gasteiger partial charge is 0.201 e. The SMILES string of the molecule is CC(Cn1c(N)nc2c(F)cc(F)cc21)c1ccccc1. The van der Waals surface area contributed by atoms with E-state index in [2.05, 4.69) is 4.98 Å². The van der Waals surface area contributed by atoms with Crippen LogP contribution in [-0.4, -0.2) is 9.55 Å². The van der Waals surface area contributed by atoms with Gasteiger partial charge in [-0.05, 0) is 11.5 Å². The largest absolute Gasteiger partial charge is 0.369 e. The van der Waals surface area contributed by atoms with Gasteiger partial charge in [0.25, 0.3) is 0 Å². The van der Waals surface area contributed by atoms with Crippen LogP contribution in [-0.2, 0) is 6.54 Å². The van der Waals surface area contributed by atoms with Crippen LogP contribution in [0.1, 0.15) is 18.4 Å². The van der Waals surface area contributed by atoms with Crippen LogP contribution in [0.25, 0.3) is 11.0 Å². The maximum absolute atomic E-state index is 13.7. The van der Waals surface area contributed by atoms with Gasteiger partial charge in [-0.1, -0.05) is 37.3 Å². The third-order valence-corrected chi connectivity index (χ3v) is 3.63. The van der Waals surface area contributed by atoms with Crippen LogP contribution in [0.15, 0.2) is 42.5 Å². The van der Waals surface area contributed by atoms with Gasteiger partial charge in [-0.15, -0.1) is 0 Å². The summed E-state index contributed by atoms with van der Waals surface area (Å²) in [5, 5.41) is 0. The van der Waals surface area contributed by atoms with E-state index in [1.165, 1.54) is 6.07 Å². The third-order valence-electron chi connectivity index (χ3n) is 3.63. The van der Waals surface area contributed by atoms with E-state index in [9.17, 15) is 8.78 Å². The average molecular weight is 287 g/mol. The zero-order chi connectivity index (χ0) is 15.0. The minimum absolute atomic E-state index is 0.106. The van der Waals surface area contributed by atoms with E-state index >= 15 is 0 Å². The van der Waals surface area contributed by atoms with E-state index in [4.69, 9.17) is 5.73 Å². The predicted octanol–water partition coefficient (Wildman–Crippen LogP) is 3.70. The van der Waals surface area contributed by atoms with Gasteiger partial charge in [-0.2, -0.15) is 0 Å². The van der Waals surface area contributed by atoms with E-state index in [0.29, 0.717) is 12.1 Å². The predicted molar refractivity (Wildman–Crippen MR) is 78.9 cm³/mol. The molecule has 2 N–H and O–H groups in total. The minimum atomic E-state index is -0.692. The van der Waals surface area contributed by atoms with Crippen LogP contribution in [0.3, 0.4) is 0 Å². The summed E-state index contributed by atoms with van der Waals surface area (Å²) in [6.07, 6.45) is 0. The van der Waals surface area contributed by atoms with E-state index in [1.807, 2.05) is 37.3 Å². The van der Waals surface area contributed by atoms with E-state index in [-0.39, 0.29) is 17.4 Å². The minimum Gasteiger partial charge on any atom is -0.369 e. The second-order valence-corrected chi connectivity index (χ2v) is 5.15. The Kier molecular flexibility index (Phi) is 3.33. The molecule has 0 bridgehead atoms. The molecule has 0 saturated carbocycles. The van der Waals surface area contributed by atoms with Crippen molar-refractivity contribution < 1.29 is 8.78 Å². The van der Waals surface area contributed by atoms with Gasteiger partial charge in [0.1, 0.15) is 11.3 Å². The average Bonchev–Trinajstić information content (AvgIpc) is 2.77. The molecule has 0 aliphatic rings. The normalized spacial score (nSPS) is 12.7. The maximum Gasteiger partial charge on any atom is 0.201 e. The number of aromatic nitrogens is 2. The molecule has 5 heteroatoms. The first-order chi connectivity index (χ1) is 10.1. The van der Waals surface area contributed by atoms with Gasteiger partial charge in [0.05, 0.1) is 5.52 Å². The van der Waals surface area contributed by atoms with E-state index < -0.39 is 11.6 Å². The summed E-state index contributed by atoms with van der Waals surface area (Å²) >= 11 is 0. The lowest BCUT2D eigenvalue weighted by Crippen LogP contribution is -2.09. The van der Waals surface area contributed by atoms with Gasteiger partial charge < -0.3 is 10.3 Å². The van der Waals surface area contributed by atoms with Crippen LogP contribution >= 0.6 is 0 Å². The molecule has 0 amide bonds. The number of fused-ring (bicyclic) bond motifs is 1. The molecule has 3 nitrogen and oxygen atoms in total. The van der Waals surface area contributed by atoms with Crippen molar-refractivity contribution in [3.05, 3.63) is 59.7 Å².